The highest BCUT2D eigenvalue weighted by Crippen LogP contribution is 2.27. The standard InChI is InChI=1S/C18H19N5O3/c1-25-14-7-5-12(10-15(14)26-2)6-8-16-20-18(23-22-16)21-17(24)13-4-3-9-19-11-13/h3-5,7,9-11H,6,8H2,1-2H3,(H2,20,21,22,23,24). The van der Waals surface area contributed by atoms with E-state index >= 15 is 0 Å². The molecule has 0 saturated carbocycles. The normalized spacial score (nSPS) is 10.4. The molecule has 0 aliphatic carbocycles. The van der Waals surface area contributed by atoms with Gasteiger partial charge in [-0.05, 0) is 36.2 Å². The molecule has 8 nitrogen and oxygen atoms in total. The molecule has 0 aliphatic heterocycles. The van der Waals surface area contributed by atoms with E-state index in [1.165, 1.54) is 6.20 Å². The Hall–Kier alpha value is -3.42. The van der Waals surface area contributed by atoms with Crippen LogP contribution in [0.15, 0.2) is 42.7 Å². The second-order valence-electron chi connectivity index (χ2n) is 5.49. The van der Waals surface area contributed by atoms with Gasteiger partial charge in [0.15, 0.2) is 11.5 Å². The number of rotatable bonds is 7. The topological polar surface area (TPSA) is 102 Å². The molecule has 2 heterocycles. The van der Waals surface area contributed by atoms with Crippen LogP contribution in [0.25, 0.3) is 0 Å². The summed E-state index contributed by atoms with van der Waals surface area (Å²) in [5, 5.41) is 9.50. The lowest BCUT2D eigenvalue weighted by molar-refractivity contribution is 0.102. The smallest absolute Gasteiger partial charge is 0.259 e. The van der Waals surface area contributed by atoms with Gasteiger partial charge in [-0.15, -0.1) is 5.10 Å². The maximum Gasteiger partial charge on any atom is 0.259 e. The van der Waals surface area contributed by atoms with Crippen molar-refractivity contribution in [3.8, 4) is 11.5 Å². The van der Waals surface area contributed by atoms with Crippen molar-refractivity contribution in [3.63, 3.8) is 0 Å². The van der Waals surface area contributed by atoms with Crippen molar-refractivity contribution in [3.05, 3.63) is 59.7 Å². The van der Waals surface area contributed by atoms with Crippen LogP contribution in [-0.4, -0.2) is 40.3 Å². The number of hydrogen-bond acceptors (Lipinski definition) is 6. The summed E-state index contributed by atoms with van der Waals surface area (Å²) in [7, 11) is 3.21. The van der Waals surface area contributed by atoms with Crippen LogP contribution < -0.4 is 14.8 Å². The highest BCUT2D eigenvalue weighted by Gasteiger charge is 2.10. The van der Waals surface area contributed by atoms with Gasteiger partial charge < -0.3 is 9.47 Å². The van der Waals surface area contributed by atoms with E-state index in [1.807, 2.05) is 18.2 Å². The zero-order valence-electron chi connectivity index (χ0n) is 14.5. The average molecular weight is 353 g/mol. The number of aromatic amines is 1. The lowest BCUT2D eigenvalue weighted by Crippen LogP contribution is -2.13. The summed E-state index contributed by atoms with van der Waals surface area (Å²) in [4.78, 5) is 20.3. The van der Waals surface area contributed by atoms with Gasteiger partial charge in [0.2, 0.25) is 5.95 Å². The predicted octanol–water partition coefficient (Wildman–Crippen LogP) is 2.25. The van der Waals surface area contributed by atoms with Crippen LogP contribution in [-0.2, 0) is 12.8 Å². The Morgan fingerprint density at radius 3 is 2.73 bits per heavy atom. The first-order chi connectivity index (χ1) is 12.7. The van der Waals surface area contributed by atoms with Crippen LogP contribution in [0.2, 0.25) is 0 Å². The van der Waals surface area contributed by atoms with E-state index in [-0.39, 0.29) is 11.9 Å². The number of H-pyrrole nitrogens is 1. The van der Waals surface area contributed by atoms with Crippen molar-refractivity contribution in [2.24, 2.45) is 0 Å². The molecule has 0 saturated heterocycles. The molecule has 2 N–H and O–H groups in total. The third-order valence-electron chi connectivity index (χ3n) is 3.78. The van der Waals surface area contributed by atoms with Crippen LogP contribution in [0.4, 0.5) is 5.95 Å². The van der Waals surface area contributed by atoms with E-state index in [2.05, 4.69) is 25.5 Å². The highest BCUT2D eigenvalue weighted by molar-refractivity contribution is 6.02. The van der Waals surface area contributed by atoms with E-state index in [0.29, 0.717) is 29.3 Å². The number of anilines is 1. The third-order valence-corrected chi connectivity index (χ3v) is 3.78. The molecule has 26 heavy (non-hydrogen) atoms. The molecular formula is C18H19N5O3. The number of nitrogens with one attached hydrogen (secondary N) is 2. The number of benzene rings is 1. The fourth-order valence-electron chi connectivity index (χ4n) is 2.43. The summed E-state index contributed by atoms with van der Waals surface area (Å²) in [6.07, 6.45) is 4.48. The third kappa shape index (κ3) is 4.15. The minimum absolute atomic E-state index is 0.237. The number of hydrogen-bond donors (Lipinski definition) is 2. The number of carbonyl (C=O) groups is 1. The van der Waals surface area contributed by atoms with E-state index in [0.717, 1.165) is 12.0 Å². The molecule has 3 rings (SSSR count). The number of methoxy groups -OCH3 is 2. The molecule has 1 amide bonds. The summed E-state index contributed by atoms with van der Waals surface area (Å²) < 4.78 is 10.5. The lowest BCUT2D eigenvalue weighted by atomic mass is 10.1. The predicted molar refractivity (Wildman–Crippen MR) is 95.5 cm³/mol. The maximum atomic E-state index is 12.1. The molecule has 0 atom stereocenters. The van der Waals surface area contributed by atoms with E-state index < -0.39 is 0 Å². The molecule has 134 valence electrons. The lowest BCUT2D eigenvalue weighted by Gasteiger charge is -2.09. The van der Waals surface area contributed by atoms with E-state index in [9.17, 15) is 4.79 Å². The van der Waals surface area contributed by atoms with Crippen molar-refractivity contribution in [1.29, 1.82) is 0 Å². The summed E-state index contributed by atoms with van der Waals surface area (Å²) in [5.74, 6) is 1.99. The number of pyridine rings is 1. The molecule has 2 aromatic heterocycles. The largest absolute Gasteiger partial charge is 0.493 e. The zero-order valence-corrected chi connectivity index (χ0v) is 14.5. The van der Waals surface area contributed by atoms with Crippen molar-refractivity contribution in [1.82, 2.24) is 20.2 Å². The van der Waals surface area contributed by atoms with Crippen molar-refractivity contribution in [2.45, 2.75) is 12.8 Å². The number of nitrogens with zero attached hydrogens (tertiary/aromatic N) is 3. The van der Waals surface area contributed by atoms with E-state index in [4.69, 9.17) is 9.47 Å². The van der Waals surface area contributed by atoms with E-state index in [1.54, 1.807) is 32.5 Å². The first-order valence-electron chi connectivity index (χ1n) is 8.03. The van der Waals surface area contributed by atoms with Crippen LogP contribution >= 0.6 is 0 Å². The summed E-state index contributed by atoms with van der Waals surface area (Å²) >= 11 is 0. The summed E-state index contributed by atoms with van der Waals surface area (Å²) in [6, 6.07) is 9.14. The second-order valence-corrected chi connectivity index (χ2v) is 5.49. The summed E-state index contributed by atoms with van der Waals surface area (Å²) in [6.45, 7) is 0. The molecule has 8 heteroatoms. The molecule has 0 fully saturated rings. The Bertz CT molecular complexity index is 880. The fraction of sp³-hybridized carbons (Fsp3) is 0.222. The molecule has 0 bridgehead atoms. The van der Waals surface area contributed by atoms with Gasteiger partial charge in [0.05, 0.1) is 19.8 Å². The van der Waals surface area contributed by atoms with Gasteiger partial charge in [-0.2, -0.15) is 4.98 Å². The monoisotopic (exact) mass is 353 g/mol. The number of aromatic nitrogens is 4. The highest BCUT2D eigenvalue weighted by atomic mass is 16.5. The number of amides is 1. The molecule has 0 unspecified atom stereocenters. The number of carbonyl (C=O) groups excluding carboxylic acids is 1. The van der Waals surface area contributed by atoms with Gasteiger partial charge in [-0.3, -0.25) is 20.2 Å². The second kappa shape index (κ2) is 8.11. The van der Waals surface area contributed by atoms with Gasteiger partial charge in [-0.1, -0.05) is 6.07 Å². The molecular weight excluding hydrogens is 334 g/mol. The van der Waals surface area contributed by atoms with Gasteiger partial charge >= 0.3 is 0 Å². The van der Waals surface area contributed by atoms with Crippen LogP contribution in [0.1, 0.15) is 21.7 Å². The molecule has 3 aromatic rings. The Kier molecular flexibility index (Phi) is 5.43. The number of aryl methyl sites for hydroxylation is 2. The van der Waals surface area contributed by atoms with Gasteiger partial charge in [0.25, 0.3) is 5.91 Å². The van der Waals surface area contributed by atoms with Gasteiger partial charge in [-0.25, -0.2) is 0 Å². The number of ether oxygens (including phenoxy) is 2. The Morgan fingerprint density at radius 2 is 2.00 bits per heavy atom. The van der Waals surface area contributed by atoms with Crippen molar-refractivity contribution < 1.29 is 14.3 Å². The molecule has 1 aromatic carbocycles. The minimum atomic E-state index is -0.302. The van der Waals surface area contributed by atoms with Crippen LogP contribution in [0, 0.1) is 0 Å². The Balaban J connectivity index is 1.59. The van der Waals surface area contributed by atoms with Crippen LogP contribution in [0.3, 0.4) is 0 Å². The average Bonchev–Trinajstić information content (AvgIpc) is 3.14. The zero-order chi connectivity index (χ0) is 18.4. The Morgan fingerprint density at radius 1 is 1.15 bits per heavy atom. The Labute approximate surface area is 150 Å². The minimum Gasteiger partial charge on any atom is -0.493 e. The maximum absolute atomic E-state index is 12.1. The SMILES string of the molecule is COc1ccc(CCc2nc(NC(=O)c3cccnc3)n[nH]2)cc1OC. The first-order valence-corrected chi connectivity index (χ1v) is 8.03. The van der Waals surface area contributed by atoms with Crippen molar-refractivity contribution >= 4 is 11.9 Å². The molecule has 0 aliphatic rings. The fourth-order valence-corrected chi connectivity index (χ4v) is 2.43. The first kappa shape index (κ1) is 17.4. The van der Waals surface area contributed by atoms with Crippen LogP contribution in [0.5, 0.6) is 11.5 Å². The molecule has 0 radical (unpaired) electrons. The van der Waals surface area contributed by atoms with Gasteiger partial charge in [0, 0.05) is 18.8 Å². The van der Waals surface area contributed by atoms with Crippen molar-refractivity contribution in [2.75, 3.05) is 19.5 Å². The summed E-state index contributed by atoms with van der Waals surface area (Å²) in [5.41, 5.74) is 1.53. The van der Waals surface area contributed by atoms with Gasteiger partial charge in [0.1, 0.15) is 5.82 Å². The quantitative estimate of drug-likeness (QED) is 0.675. The molecule has 0 spiro atoms.